The van der Waals surface area contributed by atoms with Crippen molar-refractivity contribution in [2.75, 3.05) is 32.2 Å². The second-order valence-electron chi connectivity index (χ2n) is 6.02. The largest absolute Gasteiger partial charge is 0.496 e. The number of ether oxygens (including phenoxy) is 1. The van der Waals surface area contributed by atoms with E-state index in [1.807, 2.05) is 0 Å². The molecular formula is C15H22N2O6S2. The van der Waals surface area contributed by atoms with E-state index in [0.717, 1.165) is 0 Å². The Balaban J connectivity index is 2.02. The molecule has 0 aromatic heterocycles. The van der Waals surface area contributed by atoms with Crippen LogP contribution in [0.25, 0.3) is 0 Å². The molecule has 0 radical (unpaired) electrons. The van der Waals surface area contributed by atoms with Crippen LogP contribution in [0.4, 0.5) is 0 Å². The maximum Gasteiger partial charge on any atom is 0.241 e. The molecular weight excluding hydrogens is 368 g/mol. The van der Waals surface area contributed by atoms with Crippen LogP contribution in [0.1, 0.15) is 12.0 Å². The van der Waals surface area contributed by atoms with Crippen LogP contribution >= 0.6 is 0 Å². The number of hydrogen-bond acceptors (Lipinski definition) is 6. The first kappa shape index (κ1) is 19.7. The van der Waals surface area contributed by atoms with E-state index >= 15 is 0 Å². The van der Waals surface area contributed by atoms with Gasteiger partial charge in [-0.1, -0.05) is 0 Å². The topological polar surface area (TPSA) is 110 Å². The predicted octanol–water partition coefficient (Wildman–Crippen LogP) is -0.0726. The number of rotatable bonds is 6. The number of amides is 1. The zero-order chi connectivity index (χ0) is 18.8. The Hall–Kier alpha value is -1.65. The summed E-state index contributed by atoms with van der Waals surface area (Å²) in [6, 6.07) is 3.98. The van der Waals surface area contributed by atoms with Crippen molar-refractivity contribution in [3.63, 3.8) is 0 Å². The molecule has 1 aliphatic rings. The van der Waals surface area contributed by atoms with E-state index in [1.54, 1.807) is 13.0 Å². The van der Waals surface area contributed by atoms with Gasteiger partial charge in [0.1, 0.15) is 5.75 Å². The summed E-state index contributed by atoms with van der Waals surface area (Å²) in [5.74, 6) is 0.0549. The van der Waals surface area contributed by atoms with E-state index in [4.69, 9.17) is 4.74 Å². The molecule has 1 N–H and O–H groups in total. The lowest BCUT2D eigenvalue weighted by atomic mass is 10.2. The molecule has 1 unspecified atom stereocenters. The Kier molecular flexibility index (Phi) is 5.75. The van der Waals surface area contributed by atoms with Crippen LogP contribution in [0.2, 0.25) is 0 Å². The number of sulfonamides is 1. The standard InChI is InChI=1S/C15H22N2O6S2/c1-11-8-13(4-5-14(11)23-3)25(21,22)16-9-15(18)17(2)12-6-7-24(19,20)10-12/h4-5,8,12,16H,6-7,9-10H2,1-3H3. The zero-order valence-electron chi connectivity index (χ0n) is 14.4. The molecule has 1 aliphatic heterocycles. The molecule has 0 saturated carbocycles. The number of likely N-dealkylation sites (N-methyl/N-ethyl adjacent to an activating group) is 1. The van der Waals surface area contributed by atoms with Gasteiger partial charge in [0, 0.05) is 13.1 Å². The highest BCUT2D eigenvalue weighted by Gasteiger charge is 2.32. The van der Waals surface area contributed by atoms with E-state index in [2.05, 4.69) is 4.72 Å². The van der Waals surface area contributed by atoms with Gasteiger partial charge in [0.25, 0.3) is 0 Å². The number of nitrogens with one attached hydrogen (secondary N) is 1. The van der Waals surface area contributed by atoms with E-state index < -0.39 is 38.4 Å². The third-order valence-corrected chi connectivity index (χ3v) is 7.39. The maximum absolute atomic E-state index is 12.3. The second-order valence-corrected chi connectivity index (χ2v) is 10.0. The summed E-state index contributed by atoms with van der Waals surface area (Å²) >= 11 is 0. The van der Waals surface area contributed by atoms with Crippen molar-refractivity contribution in [3.8, 4) is 5.75 Å². The lowest BCUT2D eigenvalue weighted by Crippen LogP contribution is -2.43. The van der Waals surface area contributed by atoms with E-state index in [1.165, 1.54) is 31.2 Å². The monoisotopic (exact) mass is 390 g/mol. The van der Waals surface area contributed by atoms with Crippen molar-refractivity contribution in [2.45, 2.75) is 24.3 Å². The minimum atomic E-state index is -3.85. The van der Waals surface area contributed by atoms with E-state index in [-0.39, 0.29) is 16.4 Å². The van der Waals surface area contributed by atoms with Gasteiger partial charge in [0.2, 0.25) is 15.9 Å². The summed E-state index contributed by atoms with van der Waals surface area (Å²) in [5, 5.41) is 0. The summed E-state index contributed by atoms with van der Waals surface area (Å²) in [6.07, 6.45) is 0.370. The summed E-state index contributed by atoms with van der Waals surface area (Å²) in [7, 11) is -3.99. The lowest BCUT2D eigenvalue weighted by Gasteiger charge is -2.23. The van der Waals surface area contributed by atoms with Gasteiger partial charge in [0.05, 0.1) is 30.1 Å². The number of aryl methyl sites for hydroxylation is 1. The fourth-order valence-corrected chi connectivity index (χ4v) is 5.50. The van der Waals surface area contributed by atoms with Crippen LogP contribution in [-0.2, 0) is 24.7 Å². The van der Waals surface area contributed by atoms with Gasteiger partial charge in [-0.25, -0.2) is 21.6 Å². The lowest BCUT2D eigenvalue weighted by molar-refractivity contribution is -0.130. The Labute approximate surface area is 148 Å². The van der Waals surface area contributed by atoms with Crippen molar-refractivity contribution in [3.05, 3.63) is 23.8 Å². The number of carbonyl (C=O) groups is 1. The first-order valence-electron chi connectivity index (χ1n) is 7.66. The van der Waals surface area contributed by atoms with Gasteiger partial charge in [-0.2, -0.15) is 0 Å². The highest BCUT2D eigenvalue weighted by atomic mass is 32.2. The van der Waals surface area contributed by atoms with Gasteiger partial charge in [-0.05, 0) is 37.1 Å². The molecule has 0 spiro atoms. The average Bonchev–Trinajstić information content (AvgIpc) is 2.91. The van der Waals surface area contributed by atoms with Crippen molar-refractivity contribution >= 4 is 25.8 Å². The summed E-state index contributed by atoms with van der Waals surface area (Å²) < 4.78 is 55.0. The molecule has 1 atom stereocenters. The van der Waals surface area contributed by atoms with Crippen LogP contribution in [0.3, 0.4) is 0 Å². The SMILES string of the molecule is COc1ccc(S(=O)(=O)NCC(=O)N(C)C2CCS(=O)(=O)C2)cc1C. The molecule has 1 aromatic carbocycles. The minimum Gasteiger partial charge on any atom is -0.496 e. The third kappa shape index (κ3) is 4.71. The predicted molar refractivity (Wildman–Crippen MR) is 92.7 cm³/mol. The number of sulfone groups is 1. The molecule has 10 heteroatoms. The molecule has 0 bridgehead atoms. The van der Waals surface area contributed by atoms with Crippen LogP contribution < -0.4 is 9.46 Å². The molecule has 1 heterocycles. The maximum atomic E-state index is 12.3. The van der Waals surface area contributed by atoms with Gasteiger partial charge >= 0.3 is 0 Å². The van der Waals surface area contributed by atoms with Crippen molar-refractivity contribution < 1.29 is 26.4 Å². The Morgan fingerprint density at radius 2 is 2.08 bits per heavy atom. The summed E-state index contributed by atoms with van der Waals surface area (Å²) in [5.41, 5.74) is 0.657. The highest BCUT2D eigenvalue weighted by molar-refractivity contribution is 7.91. The summed E-state index contributed by atoms with van der Waals surface area (Å²) in [4.78, 5) is 13.5. The van der Waals surface area contributed by atoms with Gasteiger partial charge in [0.15, 0.2) is 9.84 Å². The Bertz CT molecular complexity index is 864. The van der Waals surface area contributed by atoms with E-state index in [0.29, 0.717) is 17.7 Å². The van der Waals surface area contributed by atoms with Crippen LogP contribution in [0, 0.1) is 6.92 Å². The molecule has 1 amide bonds. The fourth-order valence-electron chi connectivity index (χ4n) is 2.67. The van der Waals surface area contributed by atoms with E-state index in [9.17, 15) is 21.6 Å². The van der Waals surface area contributed by atoms with Gasteiger partial charge in [-0.3, -0.25) is 4.79 Å². The smallest absolute Gasteiger partial charge is 0.241 e. The Morgan fingerprint density at radius 1 is 1.40 bits per heavy atom. The zero-order valence-corrected chi connectivity index (χ0v) is 16.0. The Morgan fingerprint density at radius 3 is 2.60 bits per heavy atom. The quantitative estimate of drug-likeness (QED) is 0.728. The normalized spacial score (nSPS) is 19.6. The number of hydrogen-bond donors (Lipinski definition) is 1. The minimum absolute atomic E-state index is 0.0321. The third-order valence-electron chi connectivity index (χ3n) is 4.24. The molecule has 1 saturated heterocycles. The molecule has 8 nitrogen and oxygen atoms in total. The average molecular weight is 390 g/mol. The number of carbonyl (C=O) groups excluding carboxylic acids is 1. The fraction of sp³-hybridized carbons (Fsp3) is 0.533. The van der Waals surface area contributed by atoms with Crippen LogP contribution in [0.5, 0.6) is 5.75 Å². The molecule has 1 fully saturated rings. The highest BCUT2D eigenvalue weighted by Crippen LogP contribution is 2.21. The van der Waals surface area contributed by atoms with Crippen LogP contribution in [0.15, 0.2) is 23.1 Å². The molecule has 25 heavy (non-hydrogen) atoms. The molecule has 140 valence electrons. The molecule has 2 rings (SSSR count). The molecule has 1 aromatic rings. The number of benzene rings is 1. The van der Waals surface area contributed by atoms with Crippen molar-refractivity contribution in [1.29, 1.82) is 0 Å². The van der Waals surface area contributed by atoms with Crippen molar-refractivity contribution in [1.82, 2.24) is 9.62 Å². The summed E-state index contributed by atoms with van der Waals surface area (Å²) in [6.45, 7) is 1.29. The number of methoxy groups -OCH3 is 1. The van der Waals surface area contributed by atoms with Gasteiger partial charge < -0.3 is 9.64 Å². The second kappa shape index (κ2) is 7.30. The number of nitrogens with zero attached hydrogens (tertiary/aromatic N) is 1. The first-order chi connectivity index (χ1) is 11.6. The van der Waals surface area contributed by atoms with Gasteiger partial charge in [-0.15, -0.1) is 0 Å². The first-order valence-corrected chi connectivity index (χ1v) is 11.0. The molecule has 0 aliphatic carbocycles. The van der Waals surface area contributed by atoms with Crippen LogP contribution in [-0.4, -0.2) is 65.9 Å². The van der Waals surface area contributed by atoms with Crippen molar-refractivity contribution in [2.24, 2.45) is 0 Å².